The first-order valence-electron chi connectivity index (χ1n) is 6.18. The van der Waals surface area contributed by atoms with Crippen LogP contribution in [0.4, 0.5) is 10.1 Å². The monoisotopic (exact) mass is 396 g/mol. The van der Waals surface area contributed by atoms with Crippen LogP contribution in [0.15, 0.2) is 35.2 Å². The third-order valence-electron chi connectivity index (χ3n) is 2.81. The number of aryl methyl sites for hydroxylation is 1. The largest absolute Gasteiger partial charge is 0.329 e. The van der Waals surface area contributed by atoms with E-state index in [0.29, 0.717) is 20.6 Å². The molecule has 3 N–H and O–H groups in total. The van der Waals surface area contributed by atoms with E-state index < -0.39 is 5.82 Å². The summed E-state index contributed by atoms with van der Waals surface area (Å²) in [7, 11) is 0. The van der Waals surface area contributed by atoms with Gasteiger partial charge >= 0.3 is 0 Å². The standard InChI is InChI=1S/C14H12Cl3FN2S2/c15-9-2-1-8(5-10(9)16)3-4-21-20-13-7-12(18)11(17)6-14(13)22-19/h1-2,5-7,20H,3-4,19H2. The van der Waals surface area contributed by atoms with Crippen molar-refractivity contribution in [2.45, 2.75) is 11.3 Å². The molecule has 2 aromatic carbocycles. The second-order valence-corrected chi connectivity index (χ2v) is 7.13. The molecule has 22 heavy (non-hydrogen) atoms. The Labute approximate surface area is 152 Å². The van der Waals surface area contributed by atoms with E-state index in [0.717, 1.165) is 29.7 Å². The first kappa shape index (κ1) is 18.0. The van der Waals surface area contributed by atoms with Crippen molar-refractivity contribution in [3.8, 4) is 0 Å². The van der Waals surface area contributed by atoms with Crippen LogP contribution < -0.4 is 9.86 Å². The normalized spacial score (nSPS) is 10.8. The summed E-state index contributed by atoms with van der Waals surface area (Å²) in [6, 6.07) is 8.38. The minimum Gasteiger partial charge on any atom is -0.329 e. The van der Waals surface area contributed by atoms with Crippen molar-refractivity contribution >= 4 is 64.4 Å². The first-order valence-corrected chi connectivity index (χ1v) is 9.18. The highest BCUT2D eigenvalue weighted by Gasteiger charge is 2.08. The molecule has 0 aliphatic carbocycles. The van der Waals surface area contributed by atoms with Crippen LogP contribution in [0.1, 0.15) is 5.56 Å². The van der Waals surface area contributed by atoms with E-state index in [2.05, 4.69) is 4.72 Å². The van der Waals surface area contributed by atoms with Gasteiger partial charge in [-0.25, -0.2) is 4.39 Å². The van der Waals surface area contributed by atoms with Gasteiger partial charge in [0.05, 0.1) is 20.8 Å². The number of hydrogen-bond acceptors (Lipinski definition) is 4. The van der Waals surface area contributed by atoms with Gasteiger partial charge in [-0.1, -0.05) is 52.8 Å². The van der Waals surface area contributed by atoms with E-state index in [4.69, 9.17) is 39.9 Å². The molecule has 0 atom stereocenters. The molecule has 8 heteroatoms. The van der Waals surface area contributed by atoms with Gasteiger partial charge in [-0.3, -0.25) is 5.14 Å². The number of nitrogens with one attached hydrogen (secondary N) is 1. The van der Waals surface area contributed by atoms with Crippen molar-refractivity contribution in [3.05, 3.63) is 56.8 Å². The molecule has 0 radical (unpaired) electrons. The van der Waals surface area contributed by atoms with Crippen molar-refractivity contribution in [1.82, 2.24) is 0 Å². The van der Waals surface area contributed by atoms with Gasteiger partial charge in [-0.05, 0) is 42.1 Å². The Kier molecular flexibility index (Phi) is 6.99. The lowest BCUT2D eigenvalue weighted by atomic mass is 10.2. The molecule has 0 spiro atoms. The number of rotatable bonds is 6. The van der Waals surface area contributed by atoms with Crippen LogP contribution in [-0.2, 0) is 6.42 Å². The van der Waals surface area contributed by atoms with Crippen LogP contribution in [0, 0.1) is 5.82 Å². The number of nitrogens with two attached hydrogens (primary N) is 1. The average molecular weight is 398 g/mol. The van der Waals surface area contributed by atoms with Gasteiger partial charge in [0.1, 0.15) is 5.82 Å². The summed E-state index contributed by atoms with van der Waals surface area (Å²) in [5, 5.41) is 6.69. The van der Waals surface area contributed by atoms with Crippen molar-refractivity contribution in [2.75, 3.05) is 10.5 Å². The fourth-order valence-corrected chi connectivity index (χ4v) is 3.50. The summed E-state index contributed by atoms with van der Waals surface area (Å²) in [6.45, 7) is 0. The van der Waals surface area contributed by atoms with Crippen molar-refractivity contribution in [3.63, 3.8) is 0 Å². The molecule has 0 saturated carbocycles. The summed E-state index contributed by atoms with van der Waals surface area (Å²) in [5.74, 6) is 0.295. The van der Waals surface area contributed by atoms with Gasteiger partial charge in [0.15, 0.2) is 0 Å². The van der Waals surface area contributed by atoms with Crippen LogP contribution in [0.2, 0.25) is 15.1 Å². The molecule has 0 fully saturated rings. The Morgan fingerprint density at radius 3 is 2.50 bits per heavy atom. The second kappa shape index (κ2) is 8.52. The highest BCUT2D eigenvalue weighted by molar-refractivity contribution is 8.00. The van der Waals surface area contributed by atoms with Crippen LogP contribution in [0.25, 0.3) is 0 Å². The Bertz CT molecular complexity index is 671. The lowest BCUT2D eigenvalue weighted by Gasteiger charge is -2.10. The van der Waals surface area contributed by atoms with Gasteiger partial charge in [0.2, 0.25) is 0 Å². The predicted molar refractivity (Wildman–Crippen MR) is 97.7 cm³/mol. The highest BCUT2D eigenvalue weighted by Crippen LogP contribution is 2.31. The Balaban J connectivity index is 1.91. The van der Waals surface area contributed by atoms with Gasteiger partial charge in [-0.2, -0.15) is 0 Å². The number of anilines is 1. The quantitative estimate of drug-likeness (QED) is 0.459. The van der Waals surface area contributed by atoms with Crippen molar-refractivity contribution in [2.24, 2.45) is 5.14 Å². The second-order valence-electron chi connectivity index (χ2n) is 4.33. The number of benzene rings is 2. The summed E-state index contributed by atoms with van der Waals surface area (Å²) in [6.07, 6.45) is 0.801. The highest BCUT2D eigenvalue weighted by atomic mass is 35.5. The molecule has 0 unspecified atom stereocenters. The van der Waals surface area contributed by atoms with E-state index in [-0.39, 0.29) is 5.02 Å². The fraction of sp³-hybridized carbons (Fsp3) is 0.143. The first-order chi connectivity index (χ1) is 10.5. The number of hydrogen-bond donors (Lipinski definition) is 2. The summed E-state index contributed by atoms with van der Waals surface area (Å²) >= 11 is 20.0. The van der Waals surface area contributed by atoms with Crippen molar-refractivity contribution in [1.29, 1.82) is 0 Å². The molecule has 2 rings (SSSR count). The smallest absolute Gasteiger partial charge is 0.143 e. The Hall–Kier alpha value is -0.300. The maximum atomic E-state index is 13.5. The molecular formula is C14H12Cl3FN2S2. The SMILES string of the molecule is NSc1cc(Cl)c(F)cc1NSCCc1ccc(Cl)c(Cl)c1. The number of halogens is 4. The lowest BCUT2D eigenvalue weighted by Crippen LogP contribution is -1.97. The van der Waals surface area contributed by atoms with E-state index in [1.165, 1.54) is 24.1 Å². The van der Waals surface area contributed by atoms with Gasteiger partial charge in [-0.15, -0.1) is 0 Å². The maximum absolute atomic E-state index is 13.5. The molecule has 118 valence electrons. The zero-order valence-electron chi connectivity index (χ0n) is 11.2. The van der Waals surface area contributed by atoms with Crippen molar-refractivity contribution < 1.29 is 4.39 Å². The molecular weight excluding hydrogens is 386 g/mol. The summed E-state index contributed by atoms with van der Waals surface area (Å²) in [4.78, 5) is 0.688. The topological polar surface area (TPSA) is 38.0 Å². The van der Waals surface area contributed by atoms with Crippen LogP contribution in [0.3, 0.4) is 0 Å². The fourth-order valence-electron chi connectivity index (χ4n) is 1.70. The van der Waals surface area contributed by atoms with E-state index in [1.807, 2.05) is 12.1 Å². The third-order valence-corrected chi connectivity index (χ3v) is 5.20. The van der Waals surface area contributed by atoms with Crippen LogP contribution >= 0.6 is 58.7 Å². The van der Waals surface area contributed by atoms with Crippen LogP contribution in [0.5, 0.6) is 0 Å². The van der Waals surface area contributed by atoms with E-state index in [1.54, 1.807) is 6.07 Å². The maximum Gasteiger partial charge on any atom is 0.143 e. The molecule has 0 amide bonds. The van der Waals surface area contributed by atoms with E-state index in [9.17, 15) is 4.39 Å². The lowest BCUT2D eigenvalue weighted by molar-refractivity contribution is 0.628. The molecule has 2 aromatic rings. The van der Waals surface area contributed by atoms with E-state index >= 15 is 0 Å². The predicted octanol–water partition coefficient (Wildman–Crippen LogP) is 6.05. The molecule has 0 aliphatic heterocycles. The molecule has 0 bridgehead atoms. The van der Waals surface area contributed by atoms with Gasteiger partial charge in [0, 0.05) is 16.7 Å². The summed E-state index contributed by atoms with van der Waals surface area (Å²) < 4.78 is 16.6. The minimum atomic E-state index is -0.480. The zero-order valence-corrected chi connectivity index (χ0v) is 15.1. The molecule has 0 aliphatic rings. The summed E-state index contributed by atoms with van der Waals surface area (Å²) in [5.41, 5.74) is 1.69. The zero-order chi connectivity index (χ0) is 16.1. The molecule has 0 heterocycles. The Morgan fingerprint density at radius 1 is 1.05 bits per heavy atom. The minimum absolute atomic E-state index is 0.0549. The van der Waals surface area contributed by atoms with Gasteiger partial charge in [0.25, 0.3) is 0 Å². The molecule has 0 aromatic heterocycles. The Morgan fingerprint density at radius 2 is 1.82 bits per heavy atom. The van der Waals surface area contributed by atoms with Crippen LogP contribution in [-0.4, -0.2) is 5.75 Å². The van der Waals surface area contributed by atoms with Gasteiger partial charge < -0.3 is 4.72 Å². The third kappa shape index (κ3) is 4.85. The average Bonchev–Trinajstić information content (AvgIpc) is 2.50. The molecule has 2 nitrogen and oxygen atoms in total. The molecule has 0 saturated heterocycles.